The van der Waals surface area contributed by atoms with E-state index in [9.17, 15) is 32.9 Å². The zero-order valence-corrected chi connectivity index (χ0v) is 11.6. The third-order valence-corrected chi connectivity index (χ3v) is 3.90. The Bertz CT molecular complexity index is 683. The van der Waals surface area contributed by atoms with E-state index in [0.29, 0.717) is 12.8 Å². The van der Waals surface area contributed by atoms with Gasteiger partial charge in [0.05, 0.1) is 16.9 Å². The minimum Gasteiger partial charge on any atom is -0.299 e. The average Bonchev–Trinajstić information content (AvgIpc) is 2.33. The van der Waals surface area contributed by atoms with Gasteiger partial charge in [-0.15, -0.1) is 0 Å². The topological polar surface area (TPSA) is 77.3 Å². The molecule has 0 unspecified atom stereocenters. The van der Waals surface area contributed by atoms with E-state index in [1.807, 2.05) is 0 Å². The summed E-state index contributed by atoms with van der Waals surface area (Å²) in [6.07, 6.45) is 1.44. The van der Waals surface area contributed by atoms with Crippen molar-refractivity contribution in [2.24, 2.45) is 5.92 Å². The maximum absolute atomic E-state index is 13.8. The summed E-state index contributed by atoms with van der Waals surface area (Å²) >= 11 is 0. The molecule has 5 nitrogen and oxygen atoms in total. The molecule has 2 rings (SSSR count). The first-order valence-electron chi connectivity index (χ1n) is 6.63. The molecule has 22 heavy (non-hydrogen) atoms. The number of hydrogen-bond acceptors (Lipinski definition) is 4. The molecule has 0 atom stereocenters. The summed E-state index contributed by atoms with van der Waals surface area (Å²) in [4.78, 5) is 33.3. The predicted molar refractivity (Wildman–Crippen MR) is 69.0 cm³/mol. The summed E-state index contributed by atoms with van der Waals surface area (Å²) < 4.78 is 40.7. The quantitative estimate of drug-likeness (QED) is 0.275. The Morgan fingerprint density at radius 2 is 1.77 bits per heavy atom. The number of ketones is 2. The molecule has 1 saturated carbocycles. The molecule has 0 bridgehead atoms. The number of hydrogen-bond donors (Lipinski definition) is 0. The van der Waals surface area contributed by atoms with Crippen molar-refractivity contribution in [3.05, 3.63) is 38.7 Å². The van der Waals surface area contributed by atoms with Crippen LogP contribution >= 0.6 is 0 Å². The molecule has 0 aromatic heterocycles. The second-order valence-electron chi connectivity index (χ2n) is 5.24. The van der Waals surface area contributed by atoms with E-state index < -0.39 is 57.2 Å². The molecular weight excluding hydrogens is 303 g/mol. The molecule has 8 heteroatoms. The summed E-state index contributed by atoms with van der Waals surface area (Å²) in [5, 5.41) is 10.8. The van der Waals surface area contributed by atoms with Crippen LogP contribution in [0.2, 0.25) is 0 Å². The summed E-state index contributed by atoms with van der Waals surface area (Å²) in [7, 11) is 0. The van der Waals surface area contributed by atoms with Crippen molar-refractivity contribution in [2.45, 2.75) is 32.6 Å². The van der Waals surface area contributed by atoms with Crippen molar-refractivity contribution < 1.29 is 27.7 Å². The van der Waals surface area contributed by atoms with Crippen LogP contribution in [0.25, 0.3) is 0 Å². The molecule has 1 aromatic carbocycles. The lowest BCUT2D eigenvalue weighted by Crippen LogP contribution is -2.25. The first-order valence-corrected chi connectivity index (χ1v) is 6.63. The van der Waals surface area contributed by atoms with Gasteiger partial charge in [0, 0.05) is 11.5 Å². The standard InChI is InChI=1S/C14H12F3NO4/c1-6-10(9(20)5-8(19)7-3-2-4-7)11(15)12(16)13(17)14(6)18(21)22/h7H,2-5H2,1H3. The van der Waals surface area contributed by atoms with Gasteiger partial charge in [0.2, 0.25) is 11.6 Å². The summed E-state index contributed by atoms with van der Waals surface area (Å²) in [5.74, 6) is -7.62. The Morgan fingerprint density at radius 3 is 2.23 bits per heavy atom. The molecular formula is C14H12F3NO4. The van der Waals surface area contributed by atoms with Crippen LogP contribution in [0.3, 0.4) is 0 Å². The molecule has 1 aromatic rings. The van der Waals surface area contributed by atoms with Crippen molar-refractivity contribution in [2.75, 3.05) is 0 Å². The number of rotatable bonds is 5. The van der Waals surface area contributed by atoms with Crippen molar-refractivity contribution >= 4 is 17.3 Å². The Balaban J connectivity index is 2.43. The highest BCUT2D eigenvalue weighted by molar-refractivity contribution is 6.10. The van der Waals surface area contributed by atoms with Crippen molar-refractivity contribution in [3.63, 3.8) is 0 Å². The molecule has 0 radical (unpaired) electrons. The average molecular weight is 315 g/mol. The summed E-state index contributed by atoms with van der Waals surface area (Å²) in [6, 6.07) is 0. The van der Waals surface area contributed by atoms with Gasteiger partial charge in [0.15, 0.2) is 11.6 Å². The fourth-order valence-electron chi connectivity index (χ4n) is 2.43. The van der Waals surface area contributed by atoms with Crippen molar-refractivity contribution in [1.29, 1.82) is 0 Å². The Hall–Kier alpha value is -2.25. The van der Waals surface area contributed by atoms with E-state index in [2.05, 4.69) is 0 Å². The lowest BCUT2D eigenvalue weighted by Gasteiger charge is -2.23. The number of carbonyl (C=O) groups is 2. The van der Waals surface area contributed by atoms with E-state index >= 15 is 0 Å². The van der Waals surface area contributed by atoms with Crippen LogP contribution in [0.15, 0.2) is 0 Å². The van der Waals surface area contributed by atoms with Crippen LogP contribution in [0.5, 0.6) is 0 Å². The van der Waals surface area contributed by atoms with Gasteiger partial charge in [0.25, 0.3) is 0 Å². The van der Waals surface area contributed by atoms with Crippen LogP contribution < -0.4 is 0 Å². The summed E-state index contributed by atoms with van der Waals surface area (Å²) in [6.45, 7) is 0.949. The molecule has 0 N–H and O–H groups in total. The van der Waals surface area contributed by atoms with Gasteiger partial charge >= 0.3 is 5.69 Å². The number of Topliss-reactive ketones (excluding diaryl/α,β-unsaturated/α-hetero) is 2. The van der Waals surface area contributed by atoms with Gasteiger partial charge < -0.3 is 0 Å². The molecule has 0 aliphatic heterocycles. The maximum atomic E-state index is 13.8. The number of benzene rings is 1. The van der Waals surface area contributed by atoms with Crippen LogP contribution in [-0.4, -0.2) is 16.5 Å². The van der Waals surface area contributed by atoms with Gasteiger partial charge in [-0.3, -0.25) is 19.7 Å². The fourth-order valence-corrected chi connectivity index (χ4v) is 2.43. The smallest absolute Gasteiger partial charge is 0.299 e. The molecule has 1 aliphatic carbocycles. The summed E-state index contributed by atoms with van der Waals surface area (Å²) in [5.41, 5.74) is -2.84. The Labute approximate surface area is 123 Å². The number of halogens is 3. The monoisotopic (exact) mass is 315 g/mol. The first-order chi connectivity index (χ1) is 10.3. The van der Waals surface area contributed by atoms with E-state index in [0.717, 1.165) is 13.3 Å². The highest BCUT2D eigenvalue weighted by Crippen LogP contribution is 2.33. The van der Waals surface area contributed by atoms with Gasteiger partial charge in [-0.1, -0.05) is 6.42 Å². The molecule has 1 aliphatic rings. The number of carbonyl (C=O) groups excluding carboxylic acids is 2. The van der Waals surface area contributed by atoms with Gasteiger partial charge in [-0.25, -0.2) is 8.78 Å². The zero-order valence-electron chi connectivity index (χ0n) is 11.6. The lowest BCUT2D eigenvalue weighted by atomic mass is 9.80. The van der Waals surface area contributed by atoms with Gasteiger partial charge in [0.1, 0.15) is 5.78 Å². The predicted octanol–water partition coefficient (Wildman–Crippen LogP) is 3.26. The minimum atomic E-state index is -2.09. The maximum Gasteiger partial charge on any atom is 0.311 e. The van der Waals surface area contributed by atoms with Crippen LogP contribution in [-0.2, 0) is 4.79 Å². The van der Waals surface area contributed by atoms with Gasteiger partial charge in [-0.05, 0) is 19.8 Å². The lowest BCUT2D eigenvalue weighted by molar-refractivity contribution is -0.388. The Kier molecular flexibility index (Phi) is 4.30. The number of nitrogens with zero attached hydrogens (tertiary/aromatic N) is 1. The largest absolute Gasteiger partial charge is 0.311 e. The third-order valence-electron chi connectivity index (χ3n) is 3.90. The molecule has 1 fully saturated rings. The number of nitro benzene ring substituents is 1. The van der Waals surface area contributed by atoms with Crippen molar-refractivity contribution in [1.82, 2.24) is 0 Å². The third kappa shape index (κ3) is 2.60. The highest BCUT2D eigenvalue weighted by Gasteiger charge is 2.34. The normalized spacial score (nSPS) is 14.5. The van der Waals surface area contributed by atoms with E-state index in [4.69, 9.17) is 0 Å². The molecule has 0 spiro atoms. The number of nitro groups is 1. The SMILES string of the molecule is Cc1c(C(=O)CC(=O)C2CCC2)c(F)c(F)c(F)c1[N+](=O)[O-]. The van der Waals surface area contributed by atoms with Gasteiger partial charge in [-0.2, -0.15) is 4.39 Å². The highest BCUT2D eigenvalue weighted by atomic mass is 19.2. The van der Waals surface area contributed by atoms with E-state index in [-0.39, 0.29) is 5.92 Å². The minimum absolute atomic E-state index is 0.285. The van der Waals surface area contributed by atoms with Crippen LogP contribution in [0.4, 0.5) is 18.9 Å². The Morgan fingerprint density at radius 1 is 1.18 bits per heavy atom. The fraction of sp³-hybridized carbons (Fsp3) is 0.429. The van der Waals surface area contributed by atoms with E-state index in [1.54, 1.807) is 0 Å². The van der Waals surface area contributed by atoms with Crippen LogP contribution in [0.1, 0.15) is 41.6 Å². The molecule has 0 heterocycles. The molecule has 0 saturated heterocycles. The second kappa shape index (κ2) is 5.86. The van der Waals surface area contributed by atoms with E-state index in [1.165, 1.54) is 0 Å². The second-order valence-corrected chi connectivity index (χ2v) is 5.24. The zero-order chi connectivity index (χ0) is 16.6. The van der Waals surface area contributed by atoms with Crippen molar-refractivity contribution in [3.8, 4) is 0 Å². The molecule has 118 valence electrons. The first kappa shape index (κ1) is 16.1. The molecule has 0 amide bonds. The van der Waals surface area contributed by atoms with Crippen LogP contribution in [0, 0.1) is 40.4 Å².